The van der Waals surface area contributed by atoms with E-state index in [2.05, 4.69) is 26.5 Å². The smallest absolute Gasteiger partial charge is 0.253 e. The molecule has 2 N–H and O–H groups in total. The third kappa shape index (κ3) is 5.80. The van der Waals surface area contributed by atoms with Crippen LogP contribution in [0.3, 0.4) is 0 Å². The van der Waals surface area contributed by atoms with Crippen LogP contribution in [-0.2, 0) is 9.53 Å². The summed E-state index contributed by atoms with van der Waals surface area (Å²) < 4.78 is 10.6. The molecule has 0 atom stereocenters. The molecule has 8 nitrogen and oxygen atoms in total. The van der Waals surface area contributed by atoms with Gasteiger partial charge in [0.15, 0.2) is 0 Å². The Morgan fingerprint density at radius 3 is 2.35 bits per heavy atom. The first-order valence-electron chi connectivity index (χ1n) is 12.0. The molecule has 0 spiro atoms. The van der Waals surface area contributed by atoms with Crippen LogP contribution in [0.4, 0.5) is 17.1 Å². The van der Waals surface area contributed by atoms with Crippen molar-refractivity contribution in [3.8, 4) is 5.75 Å². The zero-order valence-electron chi connectivity index (χ0n) is 20.0. The number of piperazine rings is 1. The molecule has 4 rings (SSSR count). The van der Waals surface area contributed by atoms with Crippen molar-refractivity contribution in [1.82, 2.24) is 5.32 Å². The summed E-state index contributed by atoms with van der Waals surface area (Å²) in [5, 5.41) is 5.96. The third-order valence-electron chi connectivity index (χ3n) is 6.31. The largest absolute Gasteiger partial charge is 0.495 e. The van der Waals surface area contributed by atoms with Crippen LogP contribution in [0.25, 0.3) is 0 Å². The summed E-state index contributed by atoms with van der Waals surface area (Å²) in [6, 6.07) is 13.7. The van der Waals surface area contributed by atoms with Gasteiger partial charge in [0.05, 0.1) is 18.4 Å². The van der Waals surface area contributed by atoms with Crippen molar-refractivity contribution in [1.29, 1.82) is 0 Å². The summed E-state index contributed by atoms with van der Waals surface area (Å²) in [6.07, 6.45) is 2.62. The number of rotatable bonds is 10. The van der Waals surface area contributed by atoms with Gasteiger partial charge in [-0.15, -0.1) is 0 Å². The van der Waals surface area contributed by atoms with E-state index in [0.29, 0.717) is 24.4 Å². The molecule has 2 aliphatic rings. The van der Waals surface area contributed by atoms with Crippen LogP contribution >= 0.6 is 0 Å². The van der Waals surface area contributed by atoms with E-state index in [4.69, 9.17) is 9.47 Å². The van der Waals surface area contributed by atoms with Crippen molar-refractivity contribution in [3.05, 3.63) is 48.0 Å². The van der Waals surface area contributed by atoms with Gasteiger partial charge in [0.1, 0.15) is 5.75 Å². The van der Waals surface area contributed by atoms with E-state index in [0.717, 1.165) is 62.6 Å². The van der Waals surface area contributed by atoms with Crippen molar-refractivity contribution >= 4 is 28.9 Å². The maximum Gasteiger partial charge on any atom is 0.253 e. The second-order valence-electron chi connectivity index (χ2n) is 8.74. The molecule has 2 fully saturated rings. The molecule has 2 aromatic rings. The minimum Gasteiger partial charge on any atom is -0.495 e. The summed E-state index contributed by atoms with van der Waals surface area (Å²) >= 11 is 0. The predicted octanol–water partition coefficient (Wildman–Crippen LogP) is 3.14. The van der Waals surface area contributed by atoms with Gasteiger partial charge in [-0.25, -0.2) is 0 Å². The molecule has 1 saturated carbocycles. The standard InChI is InChI=1S/C26H34N4O4/c1-33-17-5-12-27-26(32)21-18-20(28-25(31)19-8-9-19)10-11-22(21)29-13-15-30(16-14-29)23-6-3-4-7-24(23)34-2/h3-4,6-7,10-11,18-19H,5,8-9,12-17H2,1-2H3,(H,27,32)(H,28,31). The second kappa shape index (κ2) is 11.2. The van der Waals surface area contributed by atoms with Crippen molar-refractivity contribution in [2.24, 2.45) is 5.92 Å². The molecule has 8 heteroatoms. The summed E-state index contributed by atoms with van der Waals surface area (Å²) in [4.78, 5) is 29.9. The van der Waals surface area contributed by atoms with E-state index in [1.807, 2.05) is 30.3 Å². The number of benzene rings is 2. The number of hydrogen-bond donors (Lipinski definition) is 2. The van der Waals surface area contributed by atoms with E-state index >= 15 is 0 Å². The number of carbonyl (C=O) groups is 2. The average Bonchev–Trinajstić information content (AvgIpc) is 3.72. The van der Waals surface area contributed by atoms with Gasteiger partial charge in [0.25, 0.3) is 5.91 Å². The van der Waals surface area contributed by atoms with Crippen LogP contribution in [0.5, 0.6) is 5.75 Å². The number of methoxy groups -OCH3 is 2. The Morgan fingerprint density at radius 1 is 0.971 bits per heavy atom. The van der Waals surface area contributed by atoms with Gasteiger partial charge in [-0.1, -0.05) is 12.1 Å². The van der Waals surface area contributed by atoms with Gasteiger partial charge >= 0.3 is 0 Å². The van der Waals surface area contributed by atoms with Crippen LogP contribution in [-0.4, -0.2) is 65.4 Å². The van der Waals surface area contributed by atoms with E-state index < -0.39 is 0 Å². The molecule has 0 radical (unpaired) electrons. The molecule has 1 aliphatic carbocycles. The Hall–Kier alpha value is -3.26. The van der Waals surface area contributed by atoms with Gasteiger partial charge < -0.3 is 29.9 Å². The van der Waals surface area contributed by atoms with E-state index in [9.17, 15) is 9.59 Å². The zero-order valence-corrected chi connectivity index (χ0v) is 20.0. The maximum absolute atomic E-state index is 13.1. The molecule has 2 aromatic carbocycles. The average molecular weight is 467 g/mol. The highest BCUT2D eigenvalue weighted by Crippen LogP contribution is 2.33. The maximum atomic E-state index is 13.1. The van der Waals surface area contributed by atoms with Crippen LogP contribution in [0.15, 0.2) is 42.5 Å². The summed E-state index contributed by atoms with van der Waals surface area (Å²) in [5.74, 6) is 0.863. The van der Waals surface area contributed by atoms with E-state index in [1.165, 1.54) is 0 Å². The topological polar surface area (TPSA) is 83.1 Å². The van der Waals surface area contributed by atoms with Crippen LogP contribution in [0, 0.1) is 5.92 Å². The van der Waals surface area contributed by atoms with Gasteiger partial charge in [0, 0.05) is 63.7 Å². The quantitative estimate of drug-likeness (QED) is 0.524. The van der Waals surface area contributed by atoms with Crippen molar-refractivity contribution < 1.29 is 19.1 Å². The zero-order chi connectivity index (χ0) is 23.9. The number of nitrogens with zero attached hydrogens (tertiary/aromatic N) is 2. The van der Waals surface area contributed by atoms with Gasteiger partial charge in [-0.05, 0) is 49.6 Å². The highest BCUT2D eigenvalue weighted by atomic mass is 16.5. The lowest BCUT2D eigenvalue weighted by Gasteiger charge is -2.38. The summed E-state index contributed by atoms with van der Waals surface area (Å²) in [5.41, 5.74) is 3.21. The van der Waals surface area contributed by atoms with Crippen LogP contribution < -0.4 is 25.2 Å². The normalized spacial score (nSPS) is 15.7. The second-order valence-corrected chi connectivity index (χ2v) is 8.74. The molecule has 0 unspecified atom stereocenters. The number of para-hydroxylation sites is 2. The molecule has 1 aliphatic heterocycles. The highest BCUT2D eigenvalue weighted by molar-refractivity contribution is 6.02. The minimum atomic E-state index is -0.138. The first kappa shape index (κ1) is 23.9. The van der Waals surface area contributed by atoms with Crippen LogP contribution in [0.1, 0.15) is 29.6 Å². The minimum absolute atomic E-state index is 0.0321. The fraction of sp³-hybridized carbons (Fsp3) is 0.462. The third-order valence-corrected chi connectivity index (χ3v) is 6.31. The first-order chi connectivity index (χ1) is 16.6. The Morgan fingerprint density at radius 2 is 1.68 bits per heavy atom. The van der Waals surface area contributed by atoms with Gasteiger partial charge in [0.2, 0.25) is 5.91 Å². The molecule has 1 heterocycles. The molecule has 34 heavy (non-hydrogen) atoms. The lowest BCUT2D eigenvalue weighted by atomic mass is 10.1. The molecule has 182 valence electrons. The highest BCUT2D eigenvalue weighted by Gasteiger charge is 2.30. The Bertz CT molecular complexity index is 1000. The molecule has 2 amide bonds. The van der Waals surface area contributed by atoms with Gasteiger partial charge in [-0.2, -0.15) is 0 Å². The molecular weight excluding hydrogens is 432 g/mol. The Kier molecular flexibility index (Phi) is 7.90. The number of amides is 2. The molecule has 0 aromatic heterocycles. The van der Waals surface area contributed by atoms with Gasteiger partial charge in [-0.3, -0.25) is 9.59 Å². The summed E-state index contributed by atoms with van der Waals surface area (Å²) in [6.45, 7) is 4.30. The Labute approximate surface area is 201 Å². The number of ether oxygens (including phenoxy) is 2. The number of nitrogens with one attached hydrogen (secondary N) is 2. The molecule has 0 bridgehead atoms. The molecular formula is C26H34N4O4. The fourth-order valence-corrected chi connectivity index (χ4v) is 4.25. The van der Waals surface area contributed by atoms with Crippen LogP contribution in [0.2, 0.25) is 0 Å². The van der Waals surface area contributed by atoms with Crippen molar-refractivity contribution in [2.75, 3.05) is 68.7 Å². The van der Waals surface area contributed by atoms with E-state index in [-0.39, 0.29) is 17.7 Å². The number of anilines is 3. The number of hydrogen-bond acceptors (Lipinski definition) is 6. The SMILES string of the molecule is COCCCNC(=O)c1cc(NC(=O)C2CC2)ccc1N1CCN(c2ccccc2OC)CC1. The van der Waals surface area contributed by atoms with E-state index in [1.54, 1.807) is 20.3 Å². The predicted molar refractivity (Wildman–Crippen MR) is 134 cm³/mol. The Balaban J connectivity index is 1.49. The summed E-state index contributed by atoms with van der Waals surface area (Å²) in [7, 11) is 3.34. The van der Waals surface area contributed by atoms with Crippen molar-refractivity contribution in [3.63, 3.8) is 0 Å². The molecule has 1 saturated heterocycles. The monoisotopic (exact) mass is 466 g/mol. The number of carbonyl (C=O) groups excluding carboxylic acids is 2. The first-order valence-corrected chi connectivity index (χ1v) is 12.0. The lowest BCUT2D eigenvalue weighted by molar-refractivity contribution is -0.117. The van der Waals surface area contributed by atoms with Crippen molar-refractivity contribution in [2.45, 2.75) is 19.3 Å². The lowest BCUT2D eigenvalue weighted by Crippen LogP contribution is -2.47. The fourth-order valence-electron chi connectivity index (χ4n) is 4.25.